The highest BCUT2D eigenvalue weighted by atomic mass is 19.1. The van der Waals surface area contributed by atoms with Crippen molar-refractivity contribution in [3.8, 4) is 11.5 Å². The Morgan fingerprint density at radius 1 is 1.10 bits per heavy atom. The van der Waals surface area contributed by atoms with Gasteiger partial charge >= 0.3 is 0 Å². The largest absolute Gasteiger partial charge is 0.497 e. The lowest BCUT2D eigenvalue weighted by Crippen LogP contribution is -2.19. The van der Waals surface area contributed by atoms with E-state index in [4.69, 9.17) is 9.47 Å². The molecule has 0 fully saturated rings. The van der Waals surface area contributed by atoms with Crippen LogP contribution >= 0.6 is 0 Å². The second-order valence-electron chi connectivity index (χ2n) is 4.61. The second-order valence-corrected chi connectivity index (χ2v) is 4.61. The number of ether oxygens (including phenoxy) is 2. The Bertz CT molecular complexity index is 584. The Morgan fingerprint density at radius 3 is 2.29 bits per heavy atom. The normalized spacial score (nSPS) is 12.0. The van der Waals surface area contributed by atoms with Gasteiger partial charge in [0.15, 0.2) is 0 Å². The zero-order valence-corrected chi connectivity index (χ0v) is 12.5. The van der Waals surface area contributed by atoms with E-state index in [1.807, 2.05) is 38.2 Å². The Hall–Kier alpha value is -2.07. The molecule has 0 heterocycles. The molecule has 4 heteroatoms. The molecule has 3 nitrogen and oxygen atoms in total. The third kappa shape index (κ3) is 3.52. The molecule has 0 aromatic heterocycles. The number of nitrogens with one attached hydrogen (secondary N) is 1. The Balaban J connectivity index is 2.30. The van der Waals surface area contributed by atoms with Gasteiger partial charge in [0.2, 0.25) is 0 Å². The smallest absolute Gasteiger partial charge is 0.132 e. The molecule has 0 aliphatic rings. The zero-order valence-electron chi connectivity index (χ0n) is 12.5. The van der Waals surface area contributed by atoms with Crippen LogP contribution in [0, 0.1) is 5.82 Å². The van der Waals surface area contributed by atoms with Crippen LogP contribution < -0.4 is 14.8 Å². The van der Waals surface area contributed by atoms with E-state index in [2.05, 4.69) is 5.32 Å². The van der Waals surface area contributed by atoms with Gasteiger partial charge in [-0.3, -0.25) is 0 Å². The van der Waals surface area contributed by atoms with Crippen LogP contribution in [0.25, 0.3) is 0 Å². The number of benzene rings is 2. The van der Waals surface area contributed by atoms with Gasteiger partial charge in [-0.2, -0.15) is 0 Å². The fourth-order valence-corrected chi connectivity index (χ4v) is 2.29. The van der Waals surface area contributed by atoms with Crippen LogP contribution in [-0.4, -0.2) is 20.8 Å². The number of rotatable bonds is 6. The van der Waals surface area contributed by atoms with Crippen molar-refractivity contribution < 1.29 is 13.9 Å². The summed E-state index contributed by atoms with van der Waals surface area (Å²) >= 11 is 0. The zero-order chi connectivity index (χ0) is 15.2. The van der Waals surface area contributed by atoms with Gasteiger partial charge in [0, 0.05) is 11.6 Å². The summed E-state index contributed by atoms with van der Waals surface area (Å²) in [5, 5.41) is 3.14. The molecule has 0 saturated heterocycles. The fourth-order valence-electron chi connectivity index (χ4n) is 2.29. The molecular weight excluding hydrogens is 269 g/mol. The molecule has 0 aliphatic carbocycles. The lowest BCUT2D eigenvalue weighted by Gasteiger charge is -2.19. The minimum Gasteiger partial charge on any atom is -0.497 e. The van der Waals surface area contributed by atoms with Crippen LogP contribution in [0.3, 0.4) is 0 Å². The quantitative estimate of drug-likeness (QED) is 0.882. The van der Waals surface area contributed by atoms with Gasteiger partial charge in [-0.05, 0) is 37.7 Å². The summed E-state index contributed by atoms with van der Waals surface area (Å²) in [7, 11) is 3.33. The first-order valence-corrected chi connectivity index (χ1v) is 6.93. The van der Waals surface area contributed by atoms with E-state index < -0.39 is 0 Å². The lowest BCUT2D eigenvalue weighted by molar-refractivity contribution is 0.340. The van der Waals surface area contributed by atoms with Crippen LogP contribution in [-0.2, 0) is 0 Å². The predicted molar refractivity (Wildman–Crippen MR) is 81.5 cm³/mol. The molecular formula is C17H20FNO2. The number of hydrogen-bond acceptors (Lipinski definition) is 3. The van der Waals surface area contributed by atoms with Crippen LogP contribution in [0.5, 0.6) is 11.5 Å². The highest BCUT2D eigenvalue weighted by molar-refractivity contribution is 5.38. The molecule has 0 radical (unpaired) electrons. The standard InChI is InChI=1S/C17H20FNO2/c1-4-21-13-7-5-12(6-8-13)17(19-2)15-10-9-14(20-3)11-16(15)18/h5-11,17,19H,4H2,1-3H3. The summed E-state index contributed by atoms with van der Waals surface area (Å²) in [6.45, 7) is 2.57. The van der Waals surface area contributed by atoms with Crippen molar-refractivity contribution in [3.63, 3.8) is 0 Å². The topological polar surface area (TPSA) is 30.5 Å². The van der Waals surface area contributed by atoms with Crippen LogP contribution in [0.2, 0.25) is 0 Å². The average Bonchev–Trinajstić information content (AvgIpc) is 2.51. The van der Waals surface area contributed by atoms with Crippen LogP contribution in [0.1, 0.15) is 24.1 Å². The number of hydrogen-bond donors (Lipinski definition) is 1. The molecule has 2 aromatic carbocycles. The first-order chi connectivity index (χ1) is 10.2. The minimum absolute atomic E-state index is 0.216. The fraction of sp³-hybridized carbons (Fsp3) is 0.294. The summed E-state index contributed by atoms with van der Waals surface area (Å²) < 4.78 is 24.7. The molecule has 112 valence electrons. The van der Waals surface area contributed by atoms with Crippen molar-refractivity contribution in [2.24, 2.45) is 0 Å². The molecule has 0 aliphatic heterocycles. The molecule has 2 aromatic rings. The molecule has 0 saturated carbocycles. The third-order valence-corrected chi connectivity index (χ3v) is 3.33. The van der Waals surface area contributed by atoms with Crippen molar-refractivity contribution in [2.75, 3.05) is 20.8 Å². The van der Waals surface area contributed by atoms with Crippen molar-refractivity contribution >= 4 is 0 Å². The Labute approximate surface area is 124 Å². The van der Waals surface area contributed by atoms with Gasteiger partial charge in [0.1, 0.15) is 17.3 Å². The SMILES string of the molecule is CCOc1ccc(C(NC)c2ccc(OC)cc2F)cc1. The predicted octanol–water partition coefficient (Wildman–Crippen LogP) is 3.54. The average molecular weight is 289 g/mol. The highest BCUT2D eigenvalue weighted by Gasteiger charge is 2.16. The van der Waals surface area contributed by atoms with Gasteiger partial charge in [0.25, 0.3) is 0 Å². The summed E-state index contributed by atoms with van der Waals surface area (Å²) in [5.41, 5.74) is 1.56. The van der Waals surface area contributed by atoms with Gasteiger partial charge in [0.05, 0.1) is 19.8 Å². The van der Waals surface area contributed by atoms with E-state index in [0.717, 1.165) is 11.3 Å². The van der Waals surface area contributed by atoms with Crippen molar-refractivity contribution in [1.29, 1.82) is 0 Å². The molecule has 0 amide bonds. The summed E-state index contributed by atoms with van der Waals surface area (Å²) in [6, 6.07) is 12.4. The third-order valence-electron chi connectivity index (χ3n) is 3.33. The maximum absolute atomic E-state index is 14.2. The number of halogens is 1. The Morgan fingerprint density at radius 2 is 1.76 bits per heavy atom. The first-order valence-electron chi connectivity index (χ1n) is 6.93. The molecule has 21 heavy (non-hydrogen) atoms. The van der Waals surface area contributed by atoms with Gasteiger partial charge in [-0.1, -0.05) is 18.2 Å². The number of methoxy groups -OCH3 is 1. The van der Waals surface area contributed by atoms with Gasteiger partial charge in [-0.15, -0.1) is 0 Å². The van der Waals surface area contributed by atoms with E-state index in [0.29, 0.717) is 17.9 Å². The summed E-state index contributed by atoms with van der Waals surface area (Å²) in [6.07, 6.45) is 0. The van der Waals surface area contributed by atoms with Crippen molar-refractivity contribution in [3.05, 3.63) is 59.4 Å². The van der Waals surface area contributed by atoms with E-state index in [-0.39, 0.29) is 11.9 Å². The Kier molecular flexibility index (Phi) is 5.17. The van der Waals surface area contributed by atoms with Gasteiger partial charge in [-0.25, -0.2) is 4.39 Å². The maximum Gasteiger partial charge on any atom is 0.132 e. The molecule has 1 atom stereocenters. The van der Waals surface area contributed by atoms with Crippen molar-refractivity contribution in [1.82, 2.24) is 5.32 Å². The molecule has 2 rings (SSSR count). The lowest BCUT2D eigenvalue weighted by atomic mass is 9.98. The molecule has 0 bridgehead atoms. The van der Waals surface area contributed by atoms with E-state index in [1.165, 1.54) is 13.2 Å². The molecule has 1 unspecified atom stereocenters. The summed E-state index contributed by atoms with van der Waals surface area (Å²) in [4.78, 5) is 0. The van der Waals surface area contributed by atoms with E-state index in [9.17, 15) is 4.39 Å². The van der Waals surface area contributed by atoms with Gasteiger partial charge < -0.3 is 14.8 Å². The van der Waals surface area contributed by atoms with Crippen LogP contribution in [0.15, 0.2) is 42.5 Å². The van der Waals surface area contributed by atoms with Crippen LogP contribution in [0.4, 0.5) is 4.39 Å². The highest BCUT2D eigenvalue weighted by Crippen LogP contribution is 2.28. The molecule has 1 N–H and O–H groups in total. The minimum atomic E-state index is -0.289. The molecule has 0 spiro atoms. The first kappa shape index (κ1) is 15.3. The summed E-state index contributed by atoms with van der Waals surface area (Å²) in [5.74, 6) is 1.03. The van der Waals surface area contributed by atoms with Crippen molar-refractivity contribution in [2.45, 2.75) is 13.0 Å². The van der Waals surface area contributed by atoms with E-state index >= 15 is 0 Å². The monoisotopic (exact) mass is 289 g/mol. The second kappa shape index (κ2) is 7.09. The van der Waals surface area contributed by atoms with E-state index in [1.54, 1.807) is 12.1 Å². The maximum atomic E-state index is 14.2.